The molecule has 0 atom stereocenters. The molecule has 0 heterocycles. The van der Waals surface area contributed by atoms with Gasteiger partial charge in [-0.3, -0.25) is 0 Å². The summed E-state index contributed by atoms with van der Waals surface area (Å²) in [5.74, 6) is 0.540. The highest BCUT2D eigenvalue weighted by Crippen LogP contribution is 2.25. The van der Waals surface area contributed by atoms with Crippen molar-refractivity contribution in [3.8, 4) is 0 Å². The zero-order chi connectivity index (χ0) is 12.0. The van der Waals surface area contributed by atoms with Crippen LogP contribution < -0.4 is 0 Å². The Morgan fingerprint density at radius 1 is 1.25 bits per heavy atom. The van der Waals surface area contributed by atoms with Crippen molar-refractivity contribution in [3.63, 3.8) is 0 Å². The predicted octanol–water partition coefficient (Wildman–Crippen LogP) is 2.80. The van der Waals surface area contributed by atoms with E-state index in [0.717, 1.165) is 19.3 Å². The van der Waals surface area contributed by atoms with E-state index >= 15 is 0 Å². The molecule has 0 aromatic rings. The van der Waals surface area contributed by atoms with Gasteiger partial charge in [-0.25, -0.2) is 12.7 Å². The Morgan fingerprint density at radius 3 is 2.38 bits per heavy atom. The third kappa shape index (κ3) is 4.22. The van der Waals surface area contributed by atoms with E-state index in [9.17, 15) is 8.42 Å². The topological polar surface area (TPSA) is 37.4 Å². The summed E-state index contributed by atoms with van der Waals surface area (Å²) in [7, 11) is -3.22. The minimum absolute atomic E-state index is 0.292. The van der Waals surface area contributed by atoms with Crippen LogP contribution in [0.5, 0.6) is 0 Å². The number of rotatable bonds is 6. The molecule has 1 rings (SSSR count). The SMILES string of the molecule is CCCN(CC1CCCCC1)S(=O)(=O)CCl. The standard InChI is InChI=1S/C11H22ClNO2S/c1-2-8-13(16(14,15)10-12)9-11-6-4-3-5-7-11/h11H,2-10H2,1H3. The Labute approximate surface area is 104 Å². The van der Waals surface area contributed by atoms with Gasteiger partial charge in [0.25, 0.3) is 0 Å². The van der Waals surface area contributed by atoms with E-state index < -0.39 is 10.0 Å². The molecule has 0 unspecified atom stereocenters. The van der Waals surface area contributed by atoms with Crippen LogP contribution in [0, 0.1) is 5.92 Å². The quantitative estimate of drug-likeness (QED) is 0.694. The van der Waals surface area contributed by atoms with Crippen molar-refractivity contribution in [1.29, 1.82) is 0 Å². The largest absolute Gasteiger partial charge is 0.228 e. The Hall–Kier alpha value is 0.200. The van der Waals surface area contributed by atoms with Gasteiger partial charge >= 0.3 is 0 Å². The lowest BCUT2D eigenvalue weighted by atomic mass is 9.89. The van der Waals surface area contributed by atoms with Crippen molar-refractivity contribution in [3.05, 3.63) is 0 Å². The Morgan fingerprint density at radius 2 is 1.88 bits per heavy atom. The molecule has 1 saturated carbocycles. The summed E-state index contributed by atoms with van der Waals surface area (Å²) in [5, 5.41) is -0.292. The van der Waals surface area contributed by atoms with E-state index in [4.69, 9.17) is 11.6 Å². The van der Waals surface area contributed by atoms with Gasteiger partial charge in [0.05, 0.1) is 0 Å². The second-order valence-corrected chi connectivity index (χ2v) is 7.14. The van der Waals surface area contributed by atoms with E-state index in [1.54, 1.807) is 4.31 Å². The third-order valence-electron chi connectivity index (χ3n) is 3.19. The van der Waals surface area contributed by atoms with E-state index in [1.807, 2.05) is 6.92 Å². The second kappa shape index (κ2) is 6.82. The summed E-state index contributed by atoms with van der Waals surface area (Å²) in [6, 6.07) is 0. The molecule has 1 aliphatic rings. The number of halogens is 1. The fourth-order valence-electron chi connectivity index (χ4n) is 2.32. The summed E-state index contributed by atoms with van der Waals surface area (Å²) in [6.45, 7) is 3.27. The first-order valence-corrected chi connectivity index (χ1v) is 8.28. The molecule has 3 nitrogen and oxygen atoms in total. The number of hydrogen-bond donors (Lipinski definition) is 0. The van der Waals surface area contributed by atoms with Gasteiger partial charge in [0.1, 0.15) is 5.21 Å². The minimum atomic E-state index is -3.22. The molecule has 0 radical (unpaired) electrons. The average molecular weight is 268 g/mol. The van der Waals surface area contributed by atoms with Crippen molar-refractivity contribution >= 4 is 21.6 Å². The van der Waals surface area contributed by atoms with Crippen molar-refractivity contribution in [2.45, 2.75) is 45.4 Å². The fourth-order valence-corrected chi connectivity index (χ4v) is 3.77. The van der Waals surface area contributed by atoms with Crippen LogP contribution in [-0.4, -0.2) is 31.0 Å². The zero-order valence-electron chi connectivity index (χ0n) is 9.99. The first-order valence-electron chi connectivity index (χ1n) is 6.14. The fraction of sp³-hybridized carbons (Fsp3) is 1.00. The van der Waals surface area contributed by atoms with Gasteiger partial charge < -0.3 is 0 Å². The molecule has 16 heavy (non-hydrogen) atoms. The smallest absolute Gasteiger partial charge is 0.211 e. The summed E-state index contributed by atoms with van der Waals surface area (Å²) in [6.07, 6.45) is 6.96. The highest BCUT2D eigenvalue weighted by Gasteiger charge is 2.24. The Kier molecular flexibility index (Phi) is 6.08. The molecule has 0 aromatic carbocycles. The highest BCUT2D eigenvalue weighted by atomic mass is 35.5. The van der Waals surface area contributed by atoms with Crippen molar-refractivity contribution < 1.29 is 8.42 Å². The number of nitrogens with zero attached hydrogens (tertiary/aromatic N) is 1. The number of alkyl halides is 1. The van der Waals surface area contributed by atoms with Crippen LogP contribution in [0.4, 0.5) is 0 Å². The van der Waals surface area contributed by atoms with Crippen LogP contribution in [-0.2, 0) is 10.0 Å². The molecular formula is C11H22ClNO2S. The highest BCUT2D eigenvalue weighted by molar-refractivity contribution is 7.90. The molecule has 0 saturated heterocycles. The molecule has 1 aliphatic carbocycles. The van der Waals surface area contributed by atoms with Gasteiger partial charge in [0.15, 0.2) is 0 Å². The first kappa shape index (κ1) is 14.3. The molecule has 0 amide bonds. The maximum atomic E-state index is 11.8. The van der Waals surface area contributed by atoms with Crippen molar-refractivity contribution in [2.75, 3.05) is 18.3 Å². The average Bonchev–Trinajstić information content (AvgIpc) is 2.30. The van der Waals surface area contributed by atoms with Crippen LogP contribution in [0.15, 0.2) is 0 Å². The number of sulfonamides is 1. The van der Waals surface area contributed by atoms with Crippen molar-refractivity contribution in [1.82, 2.24) is 4.31 Å². The lowest BCUT2D eigenvalue weighted by Gasteiger charge is -2.28. The molecular weight excluding hydrogens is 246 g/mol. The maximum Gasteiger partial charge on any atom is 0.228 e. The predicted molar refractivity (Wildman–Crippen MR) is 68.1 cm³/mol. The van der Waals surface area contributed by atoms with E-state index in [2.05, 4.69) is 0 Å². The van der Waals surface area contributed by atoms with E-state index in [0.29, 0.717) is 19.0 Å². The lowest BCUT2D eigenvalue weighted by Crippen LogP contribution is -2.37. The van der Waals surface area contributed by atoms with Crippen LogP contribution >= 0.6 is 11.6 Å². The molecule has 0 spiro atoms. The van der Waals surface area contributed by atoms with Gasteiger partial charge in [0, 0.05) is 13.1 Å². The molecule has 0 N–H and O–H groups in total. The number of hydrogen-bond acceptors (Lipinski definition) is 2. The normalized spacial score (nSPS) is 19.2. The van der Waals surface area contributed by atoms with Crippen LogP contribution in [0.3, 0.4) is 0 Å². The van der Waals surface area contributed by atoms with Gasteiger partial charge in [-0.1, -0.05) is 26.2 Å². The van der Waals surface area contributed by atoms with Gasteiger partial charge in [0.2, 0.25) is 10.0 Å². The van der Waals surface area contributed by atoms with Crippen LogP contribution in [0.25, 0.3) is 0 Å². The minimum Gasteiger partial charge on any atom is -0.211 e. The summed E-state index contributed by atoms with van der Waals surface area (Å²) < 4.78 is 25.1. The van der Waals surface area contributed by atoms with E-state index in [1.165, 1.54) is 19.3 Å². The summed E-state index contributed by atoms with van der Waals surface area (Å²) in [5.41, 5.74) is 0. The monoisotopic (exact) mass is 267 g/mol. The lowest BCUT2D eigenvalue weighted by molar-refractivity contribution is 0.279. The second-order valence-electron chi connectivity index (χ2n) is 4.58. The first-order chi connectivity index (χ1) is 7.60. The molecule has 5 heteroatoms. The summed E-state index contributed by atoms with van der Waals surface area (Å²) in [4.78, 5) is 0. The Balaban J connectivity index is 2.56. The molecule has 1 fully saturated rings. The zero-order valence-corrected chi connectivity index (χ0v) is 11.6. The molecule has 0 bridgehead atoms. The molecule has 0 aromatic heterocycles. The Bertz CT molecular complexity index is 286. The third-order valence-corrected chi connectivity index (χ3v) is 5.41. The van der Waals surface area contributed by atoms with Gasteiger partial charge in [-0.15, -0.1) is 11.6 Å². The van der Waals surface area contributed by atoms with Crippen LogP contribution in [0.2, 0.25) is 0 Å². The van der Waals surface area contributed by atoms with Crippen LogP contribution in [0.1, 0.15) is 45.4 Å². The molecule has 0 aliphatic heterocycles. The van der Waals surface area contributed by atoms with Crippen molar-refractivity contribution in [2.24, 2.45) is 5.92 Å². The van der Waals surface area contributed by atoms with E-state index in [-0.39, 0.29) is 5.21 Å². The summed E-state index contributed by atoms with van der Waals surface area (Å²) >= 11 is 5.51. The molecule has 96 valence electrons. The maximum absolute atomic E-state index is 11.8. The van der Waals surface area contributed by atoms with Gasteiger partial charge in [-0.2, -0.15) is 0 Å². The van der Waals surface area contributed by atoms with Gasteiger partial charge in [-0.05, 0) is 25.2 Å².